The molecule has 3 nitrogen and oxygen atoms in total. The fourth-order valence-corrected chi connectivity index (χ4v) is 3.76. The van der Waals surface area contributed by atoms with Crippen LogP contribution in [0.2, 0.25) is 0 Å². The van der Waals surface area contributed by atoms with E-state index < -0.39 is 0 Å². The minimum atomic E-state index is -0.386. The highest BCUT2D eigenvalue weighted by atomic mass is 32.2. The molecule has 1 aliphatic heterocycles. The van der Waals surface area contributed by atoms with E-state index in [4.69, 9.17) is 4.74 Å². The highest BCUT2D eigenvalue weighted by molar-refractivity contribution is 7.99. The van der Waals surface area contributed by atoms with Crippen LogP contribution in [0.25, 0.3) is 0 Å². The van der Waals surface area contributed by atoms with Crippen LogP contribution in [0.4, 0.5) is 0 Å². The Bertz CT molecular complexity index is 444. The number of nitrogens with one attached hydrogen (secondary N) is 1. The summed E-state index contributed by atoms with van der Waals surface area (Å²) in [7, 11) is 0. The molecule has 0 radical (unpaired) electrons. The normalized spacial score (nSPS) is 18.0. The quantitative estimate of drug-likeness (QED) is 0.835. The zero-order valence-corrected chi connectivity index (χ0v) is 14.2. The highest BCUT2D eigenvalue weighted by Crippen LogP contribution is 2.27. The number of benzene rings is 1. The van der Waals surface area contributed by atoms with Gasteiger partial charge in [-0.25, -0.2) is 0 Å². The van der Waals surface area contributed by atoms with Crippen LogP contribution in [-0.4, -0.2) is 49.0 Å². The number of thioether (sulfide) groups is 1. The Morgan fingerprint density at radius 1 is 1.29 bits per heavy atom. The molecule has 4 heteroatoms. The Kier molecular flexibility index (Phi) is 6.40. The summed E-state index contributed by atoms with van der Waals surface area (Å²) in [6.45, 7) is 9.91. The minimum absolute atomic E-state index is 0.386. The second-order valence-electron chi connectivity index (χ2n) is 6.23. The maximum absolute atomic E-state index is 10.2. The molecule has 1 aromatic carbocycles. The summed E-state index contributed by atoms with van der Waals surface area (Å²) in [4.78, 5) is 1.50. The molecule has 2 rings (SSSR count). The zero-order valence-electron chi connectivity index (χ0n) is 13.4. The van der Waals surface area contributed by atoms with Crippen LogP contribution in [0.5, 0.6) is 5.75 Å². The van der Waals surface area contributed by atoms with E-state index in [2.05, 4.69) is 39.0 Å². The molecule has 0 aliphatic carbocycles. The molecule has 1 heterocycles. The van der Waals surface area contributed by atoms with Crippen molar-refractivity contribution in [2.24, 2.45) is 0 Å². The standard InChI is InChI=1S/C17H27NO2S/c1-13(2)16-5-4-14(3)10-17(16)20-12-15(19)11-18-6-8-21-9-7-18/h4-5,10,13,15,19H,6-9,11-12H2,1-3H3/p+1/t15-/m0/s1. The van der Waals surface area contributed by atoms with Gasteiger partial charge in [0.05, 0.1) is 13.1 Å². The molecular weight excluding hydrogens is 282 g/mol. The molecule has 0 amide bonds. The van der Waals surface area contributed by atoms with Gasteiger partial charge in [-0.3, -0.25) is 0 Å². The Hall–Kier alpha value is -0.710. The molecule has 118 valence electrons. The second-order valence-corrected chi connectivity index (χ2v) is 7.45. The molecule has 1 aromatic rings. The molecule has 2 N–H and O–H groups in total. The van der Waals surface area contributed by atoms with Crippen LogP contribution in [0.1, 0.15) is 30.9 Å². The van der Waals surface area contributed by atoms with Crippen LogP contribution < -0.4 is 9.64 Å². The second kappa shape index (κ2) is 8.06. The van der Waals surface area contributed by atoms with Gasteiger partial charge in [0.1, 0.15) is 25.0 Å². The molecule has 21 heavy (non-hydrogen) atoms. The maximum atomic E-state index is 10.2. The van der Waals surface area contributed by atoms with Gasteiger partial charge in [-0.1, -0.05) is 26.0 Å². The Balaban J connectivity index is 1.88. The van der Waals surface area contributed by atoms with E-state index in [1.807, 2.05) is 11.8 Å². The van der Waals surface area contributed by atoms with E-state index in [0.29, 0.717) is 12.5 Å². The first kappa shape index (κ1) is 16.7. The predicted octanol–water partition coefficient (Wildman–Crippen LogP) is 1.49. The van der Waals surface area contributed by atoms with Crippen molar-refractivity contribution in [3.05, 3.63) is 29.3 Å². The van der Waals surface area contributed by atoms with Crippen molar-refractivity contribution < 1.29 is 14.7 Å². The fraction of sp³-hybridized carbons (Fsp3) is 0.647. The summed E-state index contributed by atoms with van der Waals surface area (Å²) in [6, 6.07) is 6.33. The first-order chi connectivity index (χ1) is 10.1. The van der Waals surface area contributed by atoms with Crippen LogP contribution >= 0.6 is 11.8 Å². The molecule has 1 aliphatic rings. The van der Waals surface area contributed by atoms with Gasteiger partial charge in [0, 0.05) is 11.5 Å². The molecule has 0 unspecified atom stereocenters. The van der Waals surface area contributed by atoms with Crippen molar-refractivity contribution >= 4 is 11.8 Å². The smallest absolute Gasteiger partial charge is 0.137 e. The number of hydrogen-bond acceptors (Lipinski definition) is 3. The summed E-state index contributed by atoms with van der Waals surface area (Å²) in [5.41, 5.74) is 2.41. The van der Waals surface area contributed by atoms with Gasteiger partial charge < -0.3 is 14.7 Å². The number of quaternary nitrogens is 1. The van der Waals surface area contributed by atoms with E-state index in [9.17, 15) is 5.11 Å². The average molecular weight is 310 g/mol. The van der Waals surface area contributed by atoms with Crippen LogP contribution in [0.15, 0.2) is 18.2 Å². The number of aliphatic hydroxyl groups excluding tert-OH is 1. The highest BCUT2D eigenvalue weighted by Gasteiger charge is 2.19. The van der Waals surface area contributed by atoms with E-state index in [1.54, 1.807) is 0 Å². The van der Waals surface area contributed by atoms with Gasteiger partial charge in [0.15, 0.2) is 0 Å². The van der Waals surface area contributed by atoms with E-state index in [-0.39, 0.29) is 6.10 Å². The van der Waals surface area contributed by atoms with Crippen molar-refractivity contribution in [2.75, 3.05) is 37.7 Å². The van der Waals surface area contributed by atoms with Crippen molar-refractivity contribution in [2.45, 2.75) is 32.8 Å². The molecule has 0 spiro atoms. The topological polar surface area (TPSA) is 33.9 Å². The van der Waals surface area contributed by atoms with Gasteiger partial charge in [0.2, 0.25) is 0 Å². The van der Waals surface area contributed by atoms with Gasteiger partial charge in [-0.05, 0) is 30.0 Å². The largest absolute Gasteiger partial charge is 0.490 e. The van der Waals surface area contributed by atoms with Gasteiger partial charge in [-0.15, -0.1) is 0 Å². The number of rotatable bonds is 6. The summed E-state index contributed by atoms with van der Waals surface area (Å²) in [5.74, 6) is 3.77. The summed E-state index contributed by atoms with van der Waals surface area (Å²) in [5, 5.41) is 10.2. The van der Waals surface area contributed by atoms with Crippen molar-refractivity contribution in [3.63, 3.8) is 0 Å². The fourth-order valence-electron chi connectivity index (χ4n) is 2.69. The van der Waals surface area contributed by atoms with Crippen LogP contribution in [0.3, 0.4) is 0 Å². The van der Waals surface area contributed by atoms with E-state index in [1.165, 1.54) is 27.5 Å². The average Bonchev–Trinajstić information content (AvgIpc) is 2.46. The zero-order chi connectivity index (χ0) is 15.2. The van der Waals surface area contributed by atoms with E-state index in [0.717, 1.165) is 25.4 Å². The molecule has 0 bridgehead atoms. The third kappa shape index (κ3) is 5.20. The number of ether oxygens (including phenoxy) is 1. The van der Waals surface area contributed by atoms with Crippen molar-refractivity contribution in [1.29, 1.82) is 0 Å². The van der Waals surface area contributed by atoms with Gasteiger partial charge in [0.25, 0.3) is 0 Å². The monoisotopic (exact) mass is 310 g/mol. The number of hydrogen-bond donors (Lipinski definition) is 2. The molecule has 1 atom stereocenters. The van der Waals surface area contributed by atoms with Gasteiger partial charge >= 0.3 is 0 Å². The Labute approximate surface area is 132 Å². The lowest BCUT2D eigenvalue weighted by atomic mass is 10.0. The first-order valence-electron chi connectivity index (χ1n) is 7.89. The first-order valence-corrected chi connectivity index (χ1v) is 9.04. The molecule has 1 fully saturated rings. The lowest BCUT2D eigenvalue weighted by Crippen LogP contribution is -3.14. The lowest BCUT2D eigenvalue weighted by Gasteiger charge is -2.25. The summed E-state index contributed by atoms with van der Waals surface area (Å²) >= 11 is 2.01. The van der Waals surface area contributed by atoms with Crippen molar-refractivity contribution in [1.82, 2.24) is 0 Å². The summed E-state index contributed by atoms with van der Waals surface area (Å²) in [6.07, 6.45) is -0.386. The minimum Gasteiger partial charge on any atom is -0.490 e. The summed E-state index contributed by atoms with van der Waals surface area (Å²) < 4.78 is 5.91. The molecule has 0 saturated carbocycles. The SMILES string of the molecule is Cc1ccc(C(C)C)c(OC[C@@H](O)C[NH+]2CCSCC2)c1. The number of aliphatic hydroxyl groups is 1. The maximum Gasteiger partial charge on any atom is 0.137 e. The Morgan fingerprint density at radius 3 is 2.67 bits per heavy atom. The van der Waals surface area contributed by atoms with Gasteiger partial charge in [-0.2, -0.15) is 11.8 Å². The van der Waals surface area contributed by atoms with Crippen molar-refractivity contribution in [3.8, 4) is 5.75 Å². The van der Waals surface area contributed by atoms with Crippen LogP contribution in [-0.2, 0) is 0 Å². The Morgan fingerprint density at radius 2 is 2.00 bits per heavy atom. The molecule has 0 aromatic heterocycles. The third-order valence-electron chi connectivity index (χ3n) is 3.95. The third-order valence-corrected chi connectivity index (χ3v) is 4.93. The molecule has 1 saturated heterocycles. The predicted molar refractivity (Wildman–Crippen MR) is 89.7 cm³/mol. The lowest BCUT2D eigenvalue weighted by molar-refractivity contribution is -0.899. The van der Waals surface area contributed by atoms with E-state index >= 15 is 0 Å². The van der Waals surface area contributed by atoms with Crippen LogP contribution in [0, 0.1) is 6.92 Å². The molecular formula is C17H28NO2S+. The number of aryl methyl sites for hydroxylation is 1.